The van der Waals surface area contributed by atoms with Crippen molar-refractivity contribution < 1.29 is 5.11 Å². The van der Waals surface area contributed by atoms with Gasteiger partial charge in [-0.15, -0.1) is 0 Å². The van der Waals surface area contributed by atoms with Crippen molar-refractivity contribution in [2.75, 3.05) is 0 Å². The van der Waals surface area contributed by atoms with Gasteiger partial charge in [-0.25, -0.2) is 0 Å². The number of aliphatic hydroxyl groups excluding tert-OH is 1. The summed E-state index contributed by atoms with van der Waals surface area (Å²) in [4.78, 5) is 0. The van der Waals surface area contributed by atoms with Crippen LogP contribution in [0.4, 0.5) is 0 Å². The summed E-state index contributed by atoms with van der Waals surface area (Å²) in [6.45, 7) is 4.50. The zero-order valence-corrected chi connectivity index (χ0v) is 13.8. The Hall–Kier alpha value is -1.08. The normalized spacial score (nSPS) is 14.4. The third-order valence-corrected chi connectivity index (χ3v) is 4.02. The molecule has 0 aliphatic carbocycles. The predicted molar refractivity (Wildman–Crippen MR) is 92.3 cm³/mol. The van der Waals surface area contributed by atoms with Crippen LogP contribution in [0.15, 0.2) is 42.5 Å². The van der Waals surface area contributed by atoms with E-state index in [1.165, 1.54) is 38.5 Å². The lowest BCUT2D eigenvalue weighted by atomic mass is 9.98. The van der Waals surface area contributed by atoms with Crippen LogP contribution in [0.3, 0.4) is 0 Å². The van der Waals surface area contributed by atoms with Gasteiger partial charge in [-0.05, 0) is 37.2 Å². The van der Waals surface area contributed by atoms with Crippen LogP contribution >= 0.6 is 0 Å². The third kappa shape index (κ3) is 8.72. The molecule has 0 amide bonds. The second-order valence-corrected chi connectivity index (χ2v) is 6.11. The highest BCUT2D eigenvalue weighted by molar-refractivity contribution is 5.17. The first kappa shape index (κ1) is 18.0. The third-order valence-electron chi connectivity index (χ3n) is 4.02. The monoisotopic (exact) mass is 288 g/mol. The van der Waals surface area contributed by atoms with Gasteiger partial charge in [0.25, 0.3) is 0 Å². The van der Waals surface area contributed by atoms with Gasteiger partial charge in [0, 0.05) is 0 Å². The minimum absolute atomic E-state index is 0.323. The van der Waals surface area contributed by atoms with Crippen LogP contribution in [0, 0.1) is 5.92 Å². The largest absolute Gasteiger partial charge is 0.388 e. The lowest BCUT2D eigenvalue weighted by molar-refractivity contribution is 0.161. The second kappa shape index (κ2) is 11.6. The molecule has 0 saturated heterocycles. The minimum atomic E-state index is -0.323. The van der Waals surface area contributed by atoms with E-state index in [2.05, 4.69) is 26.0 Å². The lowest BCUT2D eigenvalue weighted by Gasteiger charge is -2.12. The summed E-state index contributed by atoms with van der Waals surface area (Å²) >= 11 is 0. The Kier molecular flexibility index (Phi) is 9.90. The van der Waals surface area contributed by atoms with E-state index in [4.69, 9.17) is 0 Å². The topological polar surface area (TPSA) is 20.2 Å². The Bertz CT molecular complexity index is 369. The highest BCUT2D eigenvalue weighted by Crippen LogP contribution is 2.21. The minimum Gasteiger partial charge on any atom is -0.388 e. The van der Waals surface area contributed by atoms with Crippen molar-refractivity contribution in [3.63, 3.8) is 0 Å². The Labute approximate surface area is 131 Å². The molecule has 0 saturated carbocycles. The number of rotatable bonds is 11. The molecule has 0 aliphatic rings. The number of aliphatic hydroxyl groups is 1. The van der Waals surface area contributed by atoms with Crippen molar-refractivity contribution >= 4 is 0 Å². The summed E-state index contributed by atoms with van der Waals surface area (Å²) < 4.78 is 0. The maximum atomic E-state index is 10.1. The molecular formula is C20H32O. The molecule has 0 aromatic heterocycles. The molecule has 2 atom stereocenters. The standard InChI is InChI=1S/C20H32O/c1-3-4-5-6-7-8-10-13-18(2)16-17-20(21)19-14-11-9-12-15-19/h9-15,18,20-21H,3-8,16-17H2,1-2H3/b13-10+/t18-,20?/m1/s1. The second-order valence-electron chi connectivity index (χ2n) is 6.11. The van der Waals surface area contributed by atoms with Gasteiger partial charge in [0.15, 0.2) is 0 Å². The van der Waals surface area contributed by atoms with Crippen molar-refractivity contribution in [3.8, 4) is 0 Å². The zero-order chi connectivity index (χ0) is 15.3. The fourth-order valence-corrected chi connectivity index (χ4v) is 2.55. The Morgan fingerprint density at radius 2 is 1.71 bits per heavy atom. The van der Waals surface area contributed by atoms with Gasteiger partial charge in [0.2, 0.25) is 0 Å². The summed E-state index contributed by atoms with van der Waals surface area (Å²) in [7, 11) is 0. The Morgan fingerprint density at radius 1 is 1.00 bits per heavy atom. The van der Waals surface area contributed by atoms with E-state index < -0.39 is 0 Å². The lowest BCUT2D eigenvalue weighted by Crippen LogP contribution is -2.00. The Balaban J connectivity index is 2.11. The van der Waals surface area contributed by atoms with E-state index in [0.717, 1.165) is 18.4 Å². The molecule has 1 aromatic carbocycles. The van der Waals surface area contributed by atoms with Crippen LogP contribution in [-0.2, 0) is 0 Å². The summed E-state index contributed by atoms with van der Waals surface area (Å²) in [5.41, 5.74) is 1.03. The molecule has 0 bridgehead atoms. The average molecular weight is 288 g/mol. The SMILES string of the molecule is CCCCCCC/C=C/[C@@H](C)CCC(O)c1ccccc1. The smallest absolute Gasteiger partial charge is 0.0790 e. The van der Waals surface area contributed by atoms with Crippen LogP contribution < -0.4 is 0 Å². The van der Waals surface area contributed by atoms with E-state index in [1.807, 2.05) is 30.3 Å². The Morgan fingerprint density at radius 3 is 2.43 bits per heavy atom. The number of unbranched alkanes of at least 4 members (excludes halogenated alkanes) is 5. The van der Waals surface area contributed by atoms with Crippen molar-refractivity contribution in [3.05, 3.63) is 48.0 Å². The molecule has 0 radical (unpaired) electrons. The first-order valence-electron chi connectivity index (χ1n) is 8.63. The quantitative estimate of drug-likeness (QED) is 0.388. The van der Waals surface area contributed by atoms with Gasteiger partial charge >= 0.3 is 0 Å². The van der Waals surface area contributed by atoms with Crippen LogP contribution in [0.25, 0.3) is 0 Å². The molecule has 1 nitrogen and oxygen atoms in total. The number of allylic oxidation sites excluding steroid dienone is 2. The fourth-order valence-electron chi connectivity index (χ4n) is 2.55. The van der Waals surface area contributed by atoms with Crippen LogP contribution in [0.1, 0.15) is 76.9 Å². The fraction of sp³-hybridized carbons (Fsp3) is 0.600. The van der Waals surface area contributed by atoms with Gasteiger partial charge < -0.3 is 5.11 Å². The maximum absolute atomic E-state index is 10.1. The molecule has 0 aliphatic heterocycles. The average Bonchev–Trinajstić information content (AvgIpc) is 2.52. The molecule has 1 aromatic rings. The van der Waals surface area contributed by atoms with Crippen molar-refractivity contribution in [1.29, 1.82) is 0 Å². The zero-order valence-electron chi connectivity index (χ0n) is 13.8. The van der Waals surface area contributed by atoms with E-state index >= 15 is 0 Å². The van der Waals surface area contributed by atoms with Crippen LogP contribution in [0.5, 0.6) is 0 Å². The molecule has 1 rings (SSSR count). The van der Waals surface area contributed by atoms with Gasteiger partial charge in [-0.1, -0.05) is 82.0 Å². The van der Waals surface area contributed by atoms with Crippen LogP contribution in [0.2, 0.25) is 0 Å². The molecule has 118 valence electrons. The van der Waals surface area contributed by atoms with Crippen LogP contribution in [-0.4, -0.2) is 5.11 Å². The van der Waals surface area contributed by atoms with Gasteiger partial charge in [0.05, 0.1) is 6.10 Å². The van der Waals surface area contributed by atoms with E-state index in [1.54, 1.807) is 0 Å². The first-order valence-corrected chi connectivity index (χ1v) is 8.63. The first-order chi connectivity index (χ1) is 10.2. The molecule has 1 heteroatoms. The van der Waals surface area contributed by atoms with E-state index in [0.29, 0.717) is 5.92 Å². The van der Waals surface area contributed by atoms with E-state index in [-0.39, 0.29) is 6.10 Å². The van der Waals surface area contributed by atoms with Crippen molar-refractivity contribution in [1.82, 2.24) is 0 Å². The predicted octanol–water partition coefficient (Wildman–Crippen LogP) is 6.05. The number of hydrogen-bond acceptors (Lipinski definition) is 1. The molecular weight excluding hydrogens is 256 g/mol. The molecule has 1 N–H and O–H groups in total. The molecule has 0 spiro atoms. The molecule has 0 fully saturated rings. The number of benzene rings is 1. The summed E-state index contributed by atoms with van der Waals surface area (Å²) in [5.74, 6) is 0.555. The molecule has 0 heterocycles. The molecule has 1 unspecified atom stereocenters. The van der Waals surface area contributed by atoms with Crippen molar-refractivity contribution in [2.24, 2.45) is 5.92 Å². The highest BCUT2D eigenvalue weighted by Gasteiger charge is 2.08. The summed E-state index contributed by atoms with van der Waals surface area (Å²) in [5, 5.41) is 10.1. The van der Waals surface area contributed by atoms with E-state index in [9.17, 15) is 5.11 Å². The van der Waals surface area contributed by atoms with Gasteiger partial charge in [0.1, 0.15) is 0 Å². The van der Waals surface area contributed by atoms with Gasteiger partial charge in [-0.2, -0.15) is 0 Å². The summed E-state index contributed by atoms with van der Waals surface area (Å²) in [6.07, 6.45) is 14.1. The molecule has 21 heavy (non-hydrogen) atoms. The van der Waals surface area contributed by atoms with Crippen molar-refractivity contribution in [2.45, 2.75) is 71.3 Å². The maximum Gasteiger partial charge on any atom is 0.0790 e. The number of hydrogen-bond donors (Lipinski definition) is 1. The summed E-state index contributed by atoms with van der Waals surface area (Å²) in [6, 6.07) is 9.96. The highest BCUT2D eigenvalue weighted by atomic mass is 16.3. The van der Waals surface area contributed by atoms with Gasteiger partial charge in [-0.3, -0.25) is 0 Å².